The van der Waals surface area contributed by atoms with Crippen molar-refractivity contribution in [1.82, 2.24) is 15.5 Å². The molecule has 0 aromatic heterocycles. The third-order valence-corrected chi connectivity index (χ3v) is 4.56. The summed E-state index contributed by atoms with van der Waals surface area (Å²) in [5, 5.41) is 6.76. The van der Waals surface area contributed by atoms with E-state index in [1.54, 1.807) is 0 Å². The van der Waals surface area contributed by atoms with E-state index in [2.05, 4.69) is 32.2 Å². The Morgan fingerprint density at radius 1 is 1.32 bits per heavy atom. The van der Waals surface area contributed by atoms with Crippen LogP contribution < -0.4 is 10.6 Å². The van der Waals surface area contributed by atoms with E-state index in [1.807, 2.05) is 0 Å². The minimum atomic E-state index is -0.215. The van der Waals surface area contributed by atoms with E-state index in [0.29, 0.717) is 19.0 Å². The minimum absolute atomic E-state index is 0.215. The van der Waals surface area contributed by atoms with Gasteiger partial charge in [-0.3, -0.25) is 14.7 Å². The van der Waals surface area contributed by atoms with E-state index < -0.39 is 0 Å². The SMILES string of the molecule is CCNC(=NCCC(=O)OC)NC1CCN(C2CCCC2)C1. The van der Waals surface area contributed by atoms with Crippen molar-refractivity contribution < 1.29 is 9.53 Å². The quantitative estimate of drug-likeness (QED) is 0.437. The monoisotopic (exact) mass is 310 g/mol. The highest BCUT2D eigenvalue weighted by Crippen LogP contribution is 2.26. The zero-order chi connectivity index (χ0) is 15.8. The van der Waals surface area contributed by atoms with Crippen LogP contribution in [0.15, 0.2) is 4.99 Å². The van der Waals surface area contributed by atoms with Gasteiger partial charge < -0.3 is 15.4 Å². The van der Waals surface area contributed by atoms with E-state index in [4.69, 9.17) is 0 Å². The molecule has 0 aromatic carbocycles. The molecule has 0 aromatic rings. The first-order valence-electron chi connectivity index (χ1n) is 8.58. The second-order valence-electron chi connectivity index (χ2n) is 6.15. The maximum absolute atomic E-state index is 11.1. The Morgan fingerprint density at radius 3 is 2.77 bits per heavy atom. The third kappa shape index (κ3) is 5.16. The molecular formula is C16H30N4O2. The molecule has 2 N–H and O–H groups in total. The Bertz CT molecular complexity index is 380. The second kappa shape index (κ2) is 8.98. The third-order valence-electron chi connectivity index (χ3n) is 4.56. The number of hydrogen-bond acceptors (Lipinski definition) is 4. The Balaban J connectivity index is 1.77. The van der Waals surface area contributed by atoms with Crippen LogP contribution in [0, 0.1) is 0 Å². The first kappa shape index (κ1) is 17.1. The second-order valence-corrected chi connectivity index (χ2v) is 6.15. The fourth-order valence-corrected chi connectivity index (χ4v) is 3.38. The molecule has 0 radical (unpaired) electrons. The molecule has 0 amide bonds. The highest BCUT2D eigenvalue weighted by molar-refractivity contribution is 5.80. The molecule has 1 heterocycles. The van der Waals surface area contributed by atoms with Gasteiger partial charge in [-0.05, 0) is 26.2 Å². The molecule has 0 spiro atoms. The van der Waals surface area contributed by atoms with Gasteiger partial charge in [-0.15, -0.1) is 0 Å². The number of carbonyl (C=O) groups excluding carboxylic acids is 1. The number of likely N-dealkylation sites (tertiary alicyclic amines) is 1. The summed E-state index contributed by atoms with van der Waals surface area (Å²) in [6.07, 6.45) is 6.98. The van der Waals surface area contributed by atoms with Crippen LogP contribution in [-0.2, 0) is 9.53 Å². The topological polar surface area (TPSA) is 66.0 Å². The lowest BCUT2D eigenvalue weighted by Gasteiger charge is -2.24. The number of esters is 1. The van der Waals surface area contributed by atoms with E-state index in [1.165, 1.54) is 39.3 Å². The number of nitrogens with zero attached hydrogens (tertiary/aromatic N) is 2. The van der Waals surface area contributed by atoms with Gasteiger partial charge in [0.15, 0.2) is 5.96 Å². The summed E-state index contributed by atoms with van der Waals surface area (Å²) in [5.41, 5.74) is 0. The van der Waals surface area contributed by atoms with Crippen molar-refractivity contribution in [2.75, 3.05) is 33.3 Å². The minimum Gasteiger partial charge on any atom is -0.469 e. The van der Waals surface area contributed by atoms with Crippen molar-refractivity contribution in [2.45, 2.75) is 57.5 Å². The zero-order valence-electron chi connectivity index (χ0n) is 13.9. The smallest absolute Gasteiger partial charge is 0.307 e. The lowest BCUT2D eigenvalue weighted by atomic mass is 10.2. The number of methoxy groups -OCH3 is 1. The molecular weight excluding hydrogens is 280 g/mol. The number of carbonyl (C=O) groups is 1. The molecule has 6 nitrogen and oxygen atoms in total. The average Bonchev–Trinajstić information content (AvgIpc) is 3.18. The van der Waals surface area contributed by atoms with Gasteiger partial charge in [0.05, 0.1) is 20.1 Å². The molecule has 1 saturated heterocycles. The summed E-state index contributed by atoms with van der Waals surface area (Å²) in [7, 11) is 1.41. The lowest BCUT2D eigenvalue weighted by molar-refractivity contribution is -0.140. The van der Waals surface area contributed by atoms with E-state index in [-0.39, 0.29) is 5.97 Å². The lowest BCUT2D eigenvalue weighted by Crippen LogP contribution is -2.45. The molecule has 1 saturated carbocycles. The Hall–Kier alpha value is -1.30. The standard InChI is InChI=1S/C16H30N4O2/c1-3-17-16(18-10-8-15(21)22-2)19-13-9-11-20(12-13)14-6-4-5-7-14/h13-14H,3-12H2,1-2H3,(H2,17,18,19). The van der Waals surface area contributed by atoms with Crippen molar-refractivity contribution in [3.63, 3.8) is 0 Å². The van der Waals surface area contributed by atoms with Gasteiger partial charge in [0.25, 0.3) is 0 Å². The van der Waals surface area contributed by atoms with Crippen LogP contribution in [0.25, 0.3) is 0 Å². The Labute approximate surface area is 133 Å². The molecule has 1 unspecified atom stereocenters. The number of ether oxygens (including phenoxy) is 1. The summed E-state index contributed by atoms with van der Waals surface area (Å²) in [5.74, 6) is 0.595. The van der Waals surface area contributed by atoms with Gasteiger partial charge in [-0.25, -0.2) is 0 Å². The van der Waals surface area contributed by atoms with Crippen molar-refractivity contribution >= 4 is 11.9 Å². The summed E-state index contributed by atoms with van der Waals surface area (Å²) < 4.78 is 4.64. The molecule has 1 aliphatic heterocycles. The van der Waals surface area contributed by atoms with Crippen LogP contribution in [0.1, 0.15) is 45.4 Å². The average molecular weight is 310 g/mol. The summed E-state index contributed by atoms with van der Waals surface area (Å²) in [4.78, 5) is 18.2. The van der Waals surface area contributed by atoms with E-state index in [0.717, 1.165) is 31.5 Å². The van der Waals surface area contributed by atoms with Crippen LogP contribution in [0.5, 0.6) is 0 Å². The van der Waals surface area contributed by atoms with E-state index >= 15 is 0 Å². The summed E-state index contributed by atoms with van der Waals surface area (Å²) >= 11 is 0. The molecule has 1 atom stereocenters. The van der Waals surface area contributed by atoms with Crippen molar-refractivity contribution in [3.8, 4) is 0 Å². The molecule has 22 heavy (non-hydrogen) atoms. The molecule has 2 rings (SSSR count). The van der Waals surface area contributed by atoms with Crippen LogP contribution >= 0.6 is 0 Å². The van der Waals surface area contributed by atoms with Crippen LogP contribution in [0.2, 0.25) is 0 Å². The maximum atomic E-state index is 11.1. The molecule has 1 aliphatic carbocycles. The summed E-state index contributed by atoms with van der Waals surface area (Å²) in [6.45, 7) is 5.62. The number of hydrogen-bond donors (Lipinski definition) is 2. The van der Waals surface area contributed by atoms with Crippen LogP contribution in [-0.4, -0.2) is 62.2 Å². The van der Waals surface area contributed by atoms with E-state index in [9.17, 15) is 4.79 Å². The summed E-state index contributed by atoms with van der Waals surface area (Å²) in [6, 6.07) is 1.25. The largest absolute Gasteiger partial charge is 0.469 e. The van der Waals surface area contributed by atoms with Crippen LogP contribution in [0.3, 0.4) is 0 Å². The van der Waals surface area contributed by atoms with Gasteiger partial charge in [-0.1, -0.05) is 12.8 Å². The van der Waals surface area contributed by atoms with Gasteiger partial charge >= 0.3 is 5.97 Å². The number of aliphatic imine (C=N–C) groups is 1. The molecule has 2 fully saturated rings. The highest BCUT2D eigenvalue weighted by Gasteiger charge is 2.30. The van der Waals surface area contributed by atoms with Gasteiger partial charge in [-0.2, -0.15) is 0 Å². The van der Waals surface area contributed by atoms with Crippen LogP contribution in [0.4, 0.5) is 0 Å². The maximum Gasteiger partial charge on any atom is 0.307 e. The number of rotatable bonds is 6. The number of guanidine groups is 1. The van der Waals surface area contributed by atoms with Crippen molar-refractivity contribution in [1.29, 1.82) is 0 Å². The fraction of sp³-hybridized carbons (Fsp3) is 0.875. The first-order valence-corrected chi connectivity index (χ1v) is 8.58. The predicted octanol–water partition coefficient (Wildman–Crippen LogP) is 1.12. The normalized spacial score (nSPS) is 23.7. The molecule has 2 aliphatic rings. The first-order chi connectivity index (χ1) is 10.7. The number of nitrogens with one attached hydrogen (secondary N) is 2. The molecule has 0 bridgehead atoms. The van der Waals surface area contributed by atoms with Crippen molar-refractivity contribution in [2.24, 2.45) is 4.99 Å². The fourth-order valence-electron chi connectivity index (χ4n) is 3.38. The predicted molar refractivity (Wildman–Crippen MR) is 88.0 cm³/mol. The molecule has 6 heteroatoms. The van der Waals surface area contributed by atoms with Gasteiger partial charge in [0.1, 0.15) is 0 Å². The zero-order valence-corrected chi connectivity index (χ0v) is 13.9. The highest BCUT2D eigenvalue weighted by atomic mass is 16.5. The van der Waals surface area contributed by atoms with Crippen molar-refractivity contribution in [3.05, 3.63) is 0 Å². The van der Waals surface area contributed by atoms with Gasteiger partial charge in [0.2, 0.25) is 0 Å². The Morgan fingerprint density at radius 2 is 2.09 bits per heavy atom. The Kier molecular flexibility index (Phi) is 6.96. The van der Waals surface area contributed by atoms with Gasteiger partial charge in [0, 0.05) is 31.7 Å². The molecule has 126 valence electrons.